The van der Waals surface area contributed by atoms with E-state index in [1.54, 1.807) is 7.11 Å². The van der Waals surface area contributed by atoms with Crippen molar-refractivity contribution >= 4 is 21.8 Å². The van der Waals surface area contributed by atoms with E-state index in [9.17, 15) is 0 Å². The van der Waals surface area contributed by atoms with Gasteiger partial charge in [-0.15, -0.1) is 0 Å². The molecule has 2 aliphatic rings. The first-order valence-electron chi connectivity index (χ1n) is 10.2. The Morgan fingerprint density at radius 1 is 1.19 bits per heavy atom. The lowest BCUT2D eigenvalue weighted by atomic mass is 10.1. The Bertz CT molecular complexity index is 961. The number of aromatic amines is 1. The van der Waals surface area contributed by atoms with Gasteiger partial charge in [0, 0.05) is 42.4 Å². The fourth-order valence-electron chi connectivity index (χ4n) is 4.30. The minimum Gasteiger partial charge on any atom is -0.493 e. The van der Waals surface area contributed by atoms with Crippen LogP contribution in [0.2, 0.25) is 0 Å². The smallest absolute Gasteiger partial charge is 0.163 e. The first-order chi connectivity index (χ1) is 13.3. The molecule has 0 unspecified atom stereocenters. The number of hydrogen-bond acceptors (Lipinski definition) is 4. The van der Waals surface area contributed by atoms with Crippen molar-refractivity contribution in [2.24, 2.45) is 0 Å². The summed E-state index contributed by atoms with van der Waals surface area (Å²) >= 11 is 0. The van der Waals surface area contributed by atoms with E-state index in [1.165, 1.54) is 55.2 Å². The van der Waals surface area contributed by atoms with Gasteiger partial charge in [0.2, 0.25) is 0 Å². The summed E-state index contributed by atoms with van der Waals surface area (Å²) in [7, 11) is 1.72. The third kappa shape index (κ3) is 3.25. The summed E-state index contributed by atoms with van der Waals surface area (Å²) in [4.78, 5) is 10.7. The average molecular weight is 367 g/mol. The lowest BCUT2D eigenvalue weighted by Gasteiger charge is -2.15. The molecule has 27 heavy (non-hydrogen) atoms. The normalized spacial score (nSPS) is 17.8. The van der Waals surface area contributed by atoms with Crippen LogP contribution in [-0.4, -0.2) is 48.2 Å². The zero-order valence-electron chi connectivity index (χ0n) is 16.0. The quantitative estimate of drug-likeness (QED) is 0.614. The third-order valence-electron chi connectivity index (χ3n) is 5.86. The highest BCUT2D eigenvalue weighted by Crippen LogP contribution is 2.45. The molecule has 5 rings (SSSR count). The van der Waals surface area contributed by atoms with Crippen molar-refractivity contribution < 1.29 is 10.9 Å². The van der Waals surface area contributed by atoms with Crippen LogP contribution < -0.4 is 9.47 Å². The molecule has 1 N–H and O–H groups in total. The van der Waals surface area contributed by atoms with Crippen molar-refractivity contribution in [1.82, 2.24) is 14.9 Å². The van der Waals surface area contributed by atoms with Crippen LogP contribution in [0.1, 0.15) is 45.1 Å². The summed E-state index contributed by atoms with van der Waals surface area (Å²) < 4.78 is 11.7. The minimum atomic E-state index is 0. The molecule has 1 aromatic carbocycles. The number of hydrogen-bond donors (Lipinski definition) is 1. The van der Waals surface area contributed by atoms with Gasteiger partial charge in [-0.25, -0.2) is 0 Å². The maximum Gasteiger partial charge on any atom is 0.163 e. The van der Waals surface area contributed by atoms with Crippen LogP contribution in [0.5, 0.6) is 11.5 Å². The second-order valence-electron chi connectivity index (χ2n) is 7.82. The highest BCUT2D eigenvalue weighted by molar-refractivity contribution is 6.09. The first-order valence-corrected chi connectivity index (χ1v) is 10.2. The zero-order valence-corrected chi connectivity index (χ0v) is 16.0. The van der Waals surface area contributed by atoms with Crippen LogP contribution >= 0.6 is 0 Å². The highest BCUT2D eigenvalue weighted by atomic mass is 16.5. The number of aromatic nitrogens is 2. The summed E-state index contributed by atoms with van der Waals surface area (Å²) in [5.74, 6) is 2.23. The molecule has 1 saturated heterocycles. The number of H-pyrrole nitrogens is 1. The van der Waals surface area contributed by atoms with Crippen LogP contribution in [0, 0.1) is 0 Å². The lowest BCUT2D eigenvalue weighted by Crippen LogP contribution is -2.21. The molecule has 2 fully saturated rings. The standard InChI is InChI=1S/C22H27N3O2.H2/c1-26-19-13-16-18(14-20(19)27-12-4-11-25-9-2-3-10-25)24-17-7-8-23-22(21(16)17)15-5-6-15;/h7-8,13-15,24H,2-6,9-12H2,1H3;1H. The van der Waals surface area contributed by atoms with E-state index in [4.69, 9.17) is 9.47 Å². The Balaban J connectivity index is 0.00000192. The molecule has 3 heterocycles. The zero-order chi connectivity index (χ0) is 18.2. The van der Waals surface area contributed by atoms with Gasteiger partial charge in [0.05, 0.1) is 24.9 Å². The summed E-state index contributed by atoms with van der Waals surface area (Å²) in [6, 6.07) is 6.25. The van der Waals surface area contributed by atoms with E-state index in [2.05, 4.69) is 33.1 Å². The number of methoxy groups -OCH3 is 1. The maximum absolute atomic E-state index is 6.09. The Morgan fingerprint density at radius 3 is 2.81 bits per heavy atom. The minimum absolute atomic E-state index is 0. The molecule has 5 heteroatoms. The van der Waals surface area contributed by atoms with Gasteiger partial charge in [0.1, 0.15) is 0 Å². The fraction of sp³-hybridized carbons (Fsp3) is 0.500. The molecular weight excluding hydrogens is 338 g/mol. The molecule has 1 aliphatic carbocycles. The van der Waals surface area contributed by atoms with Gasteiger partial charge in [0.15, 0.2) is 11.5 Å². The van der Waals surface area contributed by atoms with Crippen molar-refractivity contribution in [3.05, 3.63) is 30.1 Å². The van der Waals surface area contributed by atoms with Crippen LogP contribution in [0.15, 0.2) is 24.4 Å². The van der Waals surface area contributed by atoms with Crippen LogP contribution in [-0.2, 0) is 0 Å². The molecule has 0 atom stereocenters. The molecule has 1 aliphatic heterocycles. The number of fused-ring (bicyclic) bond motifs is 3. The Kier molecular flexibility index (Phi) is 4.40. The number of pyridine rings is 1. The van der Waals surface area contributed by atoms with Gasteiger partial charge < -0.3 is 19.4 Å². The van der Waals surface area contributed by atoms with Gasteiger partial charge in [-0.2, -0.15) is 0 Å². The monoisotopic (exact) mass is 367 g/mol. The van der Waals surface area contributed by atoms with Gasteiger partial charge in [-0.3, -0.25) is 4.98 Å². The van der Waals surface area contributed by atoms with Gasteiger partial charge in [0.25, 0.3) is 0 Å². The number of nitrogens with one attached hydrogen (secondary N) is 1. The molecule has 5 nitrogen and oxygen atoms in total. The molecule has 1 saturated carbocycles. The first kappa shape index (κ1) is 16.9. The molecule has 0 bridgehead atoms. The summed E-state index contributed by atoms with van der Waals surface area (Å²) in [5.41, 5.74) is 3.46. The fourth-order valence-corrected chi connectivity index (χ4v) is 4.30. The van der Waals surface area contributed by atoms with Gasteiger partial charge in [-0.1, -0.05) is 0 Å². The molecule has 0 amide bonds. The molecule has 2 aromatic heterocycles. The maximum atomic E-state index is 6.09. The molecular formula is C22H29N3O2. The van der Waals surface area contributed by atoms with Crippen LogP contribution in [0.4, 0.5) is 0 Å². The van der Waals surface area contributed by atoms with Crippen molar-refractivity contribution in [3.8, 4) is 11.5 Å². The van der Waals surface area contributed by atoms with E-state index in [1.807, 2.05) is 6.20 Å². The lowest BCUT2D eigenvalue weighted by molar-refractivity contribution is 0.254. The van der Waals surface area contributed by atoms with Crippen molar-refractivity contribution in [1.29, 1.82) is 0 Å². The highest BCUT2D eigenvalue weighted by Gasteiger charge is 2.28. The van der Waals surface area contributed by atoms with Crippen molar-refractivity contribution in [3.63, 3.8) is 0 Å². The van der Waals surface area contributed by atoms with E-state index >= 15 is 0 Å². The molecule has 0 radical (unpaired) electrons. The summed E-state index contributed by atoms with van der Waals surface area (Å²) in [6.45, 7) is 4.31. The number of benzene rings is 1. The van der Waals surface area contributed by atoms with Gasteiger partial charge >= 0.3 is 0 Å². The second-order valence-corrected chi connectivity index (χ2v) is 7.82. The predicted molar refractivity (Wildman–Crippen MR) is 110 cm³/mol. The molecule has 144 valence electrons. The average Bonchev–Trinajstić information content (AvgIpc) is 3.28. The SMILES string of the molecule is COc1cc2c(cc1OCCCN1CCCC1)[nH]c1ccnc(C3CC3)c12.[HH]. The third-order valence-corrected chi connectivity index (χ3v) is 5.86. The number of ether oxygens (including phenoxy) is 2. The van der Waals surface area contributed by atoms with E-state index in [0.29, 0.717) is 12.5 Å². The van der Waals surface area contributed by atoms with Crippen LogP contribution in [0.25, 0.3) is 21.8 Å². The summed E-state index contributed by atoms with van der Waals surface area (Å²) in [5, 5.41) is 2.43. The van der Waals surface area contributed by atoms with E-state index in [0.717, 1.165) is 35.5 Å². The Morgan fingerprint density at radius 2 is 2.04 bits per heavy atom. The van der Waals surface area contributed by atoms with E-state index in [-0.39, 0.29) is 1.43 Å². The van der Waals surface area contributed by atoms with Gasteiger partial charge in [-0.05, 0) is 57.3 Å². The van der Waals surface area contributed by atoms with Crippen molar-refractivity contribution in [2.75, 3.05) is 33.4 Å². The summed E-state index contributed by atoms with van der Waals surface area (Å²) in [6.07, 6.45) is 8.12. The topological polar surface area (TPSA) is 50.4 Å². The Labute approximate surface area is 161 Å². The second kappa shape index (κ2) is 7.04. The predicted octanol–water partition coefficient (Wildman–Crippen LogP) is 4.71. The number of likely N-dealkylation sites (tertiary alicyclic amines) is 1. The van der Waals surface area contributed by atoms with E-state index < -0.39 is 0 Å². The largest absolute Gasteiger partial charge is 0.493 e. The molecule has 3 aromatic rings. The Hall–Kier alpha value is -2.27. The number of nitrogens with zero attached hydrogens (tertiary/aromatic N) is 2. The van der Waals surface area contributed by atoms with Crippen LogP contribution in [0.3, 0.4) is 0 Å². The molecule has 0 spiro atoms. The number of rotatable bonds is 7. The van der Waals surface area contributed by atoms with Crippen molar-refractivity contribution in [2.45, 2.75) is 38.0 Å².